The Balaban J connectivity index is 1.91. The Kier molecular flexibility index (Phi) is 4.04. The number of amides is 1. The molecule has 1 fully saturated rings. The largest absolute Gasteiger partial charge is 0.342 e. The molecule has 4 heteroatoms. The van der Waals surface area contributed by atoms with E-state index in [2.05, 4.69) is 24.0 Å². The first-order valence-corrected chi connectivity index (χ1v) is 6.88. The van der Waals surface area contributed by atoms with Crippen LogP contribution in [0.3, 0.4) is 0 Å². The number of hydrogen-bond donors (Lipinski definition) is 1. The van der Waals surface area contributed by atoms with E-state index >= 15 is 0 Å². The van der Waals surface area contributed by atoms with E-state index in [1.165, 1.54) is 19.3 Å². The van der Waals surface area contributed by atoms with E-state index in [9.17, 15) is 4.79 Å². The maximum Gasteiger partial charge on any atom is 0.257 e. The van der Waals surface area contributed by atoms with E-state index in [1.54, 1.807) is 6.20 Å². The first kappa shape index (κ1) is 13.1. The number of nitrogens with zero attached hydrogens (tertiary/aromatic N) is 2. The van der Waals surface area contributed by atoms with Crippen molar-refractivity contribution in [1.82, 2.24) is 15.1 Å². The molecule has 1 aromatic heterocycles. The van der Waals surface area contributed by atoms with Crippen molar-refractivity contribution < 1.29 is 4.79 Å². The Hall–Kier alpha value is -1.32. The van der Waals surface area contributed by atoms with Gasteiger partial charge in [-0.25, -0.2) is 0 Å². The van der Waals surface area contributed by atoms with Gasteiger partial charge in [0.25, 0.3) is 5.91 Å². The average Bonchev–Trinajstić information content (AvgIpc) is 3.05. The van der Waals surface area contributed by atoms with Crippen LogP contribution >= 0.6 is 0 Å². The molecule has 0 radical (unpaired) electrons. The van der Waals surface area contributed by atoms with Gasteiger partial charge in [0.05, 0.1) is 17.5 Å². The Morgan fingerprint density at radius 1 is 1.56 bits per heavy atom. The number of carbonyl (C=O) groups excluding carboxylic acids is 1. The average molecular weight is 249 g/mol. The molecule has 0 unspecified atom stereocenters. The van der Waals surface area contributed by atoms with Gasteiger partial charge in [-0.15, -0.1) is 0 Å². The number of rotatable bonds is 6. The van der Waals surface area contributed by atoms with Gasteiger partial charge in [0.2, 0.25) is 0 Å². The summed E-state index contributed by atoms with van der Waals surface area (Å²) < 4.78 is 0. The van der Waals surface area contributed by atoms with Gasteiger partial charge in [-0.05, 0) is 31.6 Å². The lowest BCUT2D eigenvalue weighted by Gasteiger charge is -2.17. The molecule has 1 aliphatic rings. The second kappa shape index (κ2) is 5.55. The maximum atomic E-state index is 12.3. The Labute approximate surface area is 109 Å². The number of H-pyrrole nitrogens is 1. The quantitative estimate of drug-likeness (QED) is 0.842. The fourth-order valence-electron chi connectivity index (χ4n) is 2.19. The molecule has 1 aliphatic carbocycles. The molecule has 0 spiro atoms. The lowest BCUT2D eigenvalue weighted by molar-refractivity contribution is 0.0790. The van der Waals surface area contributed by atoms with Gasteiger partial charge in [0.1, 0.15) is 0 Å². The summed E-state index contributed by atoms with van der Waals surface area (Å²) in [5, 5.41) is 7.00. The van der Waals surface area contributed by atoms with Crippen LogP contribution in [0.2, 0.25) is 0 Å². The van der Waals surface area contributed by atoms with Gasteiger partial charge in [-0.1, -0.05) is 13.8 Å². The van der Waals surface area contributed by atoms with Gasteiger partial charge in [-0.3, -0.25) is 9.89 Å². The van der Waals surface area contributed by atoms with E-state index < -0.39 is 0 Å². The minimum atomic E-state index is 0.106. The van der Waals surface area contributed by atoms with E-state index in [1.807, 2.05) is 11.9 Å². The van der Waals surface area contributed by atoms with Crippen LogP contribution in [-0.4, -0.2) is 34.6 Å². The molecule has 0 saturated heterocycles. The van der Waals surface area contributed by atoms with Gasteiger partial charge < -0.3 is 4.90 Å². The van der Waals surface area contributed by atoms with E-state index in [0.717, 1.165) is 24.2 Å². The summed E-state index contributed by atoms with van der Waals surface area (Å²) in [7, 11) is 1.88. The van der Waals surface area contributed by atoms with Crippen LogP contribution in [-0.2, 0) is 0 Å². The topological polar surface area (TPSA) is 49.0 Å². The standard InChI is InChI=1S/C14H23N3O/c1-10(2)5-4-8-17(3)14(18)12-9-15-16-13(12)11-6-7-11/h9-11H,4-8H2,1-3H3,(H,15,16). The van der Waals surface area contributed by atoms with Crippen molar-refractivity contribution in [1.29, 1.82) is 0 Å². The molecule has 100 valence electrons. The number of hydrogen-bond acceptors (Lipinski definition) is 2. The Morgan fingerprint density at radius 3 is 2.89 bits per heavy atom. The lowest BCUT2D eigenvalue weighted by Crippen LogP contribution is -2.28. The number of carbonyl (C=O) groups is 1. The third kappa shape index (κ3) is 3.12. The zero-order chi connectivity index (χ0) is 13.1. The first-order chi connectivity index (χ1) is 8.59. The summed E-state index contributed by atoms with van der Waals surface area (Å²) in [4.78, 5) is 14.1. The number of aromatic amines is 1. The Bertz CT molecular complexity index is 407. The molecule has 0 atom stereocenters. The van der Waals surface area contributed by atoms with E-state index in [-0.39, 0.29) is 5.91 Å². The summed E-state index contributed by atoms with van der Waals surface area (Å²) in [6.07, 6.45) is 6.27. The highest BCUT2D eigenvalue weighted by Crippen LogP contribution is 2.40. The summed E-state index contributed by atoms with van der Waals surface area (Å²) >= 11 is 0. The van der Waals surface area contributed by atoms with Crippen LogP contribution in [0.4, 0.5) is 0 Å². The highest BCUT2D eigenvalue weighted by molar-refractivity contribution is 5.95. The van der Waals surface area contributed by atoms with Crippen molar-refractivity contribution in [2.75, 3.05) is 13.6 Å². The zero-order valence-corrected chi connectivity index (χ0v) is 11.6. The van der Waals surface area contributed by atoms with Gasteiger partial charge in [0, 0.05) is 19.5 Å². The normalized spacial score (nSPS) is 15.1. The number of aromatic nitrogens is 2. The predicted molar refractivity (Wildman–Crippen MR) is 71.6 cm³/mol. The lowest BCUT2D eigenvalue weighted by atomic mass is 10.1. The fourth-order valence-corrected chi connectivity index (χ4v) is 2.19. The van der Waals surface area contributed by atoms with Crippen LogP contribution in [0, 0.1) is 5.92 Å². The van der Waals surface area contributed by atoms with Crippen molar-refractivity contribution in [3.63, 3.8) is 0 Å². The van der Waals surface area contributed by atoms with Crippen molar-refractivity contribution in [3.8, 4) is 0 Å². The monoisotopic (exact) mass is 249 g/mol. The molecular formula is C14H23N3O. The summed E-state index contributed by atoms with van der Waals surface area (Å²) in [6.45, 7) is 5.25. The van der Waals surface area contributed by atoms with Crippen molar-refractivity contribution in [3.05, 3.63) is 17.5 Å². The van der Waals surface area contributed by atoms with Crippen LogP contribution in [0.5, 0.6) is 0 Å². The third-order valence-corrected chi connectivity index (χ3v) is 3.51. The van der Waals surface area contributed by atoms with Crippen LogP contribution in [0.15, 0.2) is 6.20 Å². The second-order valence-corrected chi connectivity index (χ2v) is 5.73. The molecule has 0 bridgehead atoms. The molecule has 1 N–H and O–H groups in total. The zero-order valence-electron chi connectivity index (χ0n) is 11.6. The van der Waals surface area contributed by atoms with Crippen molar-refractivity contribution in [2.45, 2.75) is 45.4 Å². The molecule has 2 rings (SSSR count). The van der Waals surface area contributed by atoms with E-state index in [0.29, 0.717) is 11.8 Å². The molecule has 1 aromatic rings. The van der Waals surface area contributed by atoms with E-state index in [4.69, 9.17) is 0 Å². The maximum absolute atomic E-state index is 12.3. The first-order valence-electron chi connectivity index (χ1n) is 6.88. The summed E-state index contributed by atoms with van der Waals surface area (Å²) in [5.41, 5.74) is 1.81. The molecule has 1 amide bonds. The van der Waals surface area contributed by atoms with Gasteiger partial charge in [-0.2, -0.15) is 5.10 Å². The molecule has 1 saturated carbocycles. The highest BCUT2D eigenvalue weighted by Gasteiger charge is 2.30. The van der Waals surface area contributed by atoms with Crippen LogP contribution in [0.25, 0.3) is 0 Å². The SMILES string of the molecule is CC(C)CCCN(C)C(=O)c1cn[nH]c1C1CC1. The highest BCUT2D eigenvalue weighted by atomic mass is 16.2. The summed E-state index contributed by atoms with van der Waals surface area (Å²) in [6, 6.07) is 0. The molecular weight excluding hydrogens is 226 g/mol. The molecule has 0 aromatic carbocycles. The molecule has 18 heavy (non-hydrogen) atoms. The van der Waals surface area contributed by atoms with Gasteiger partial charge in [0.15, 0.2) is 0 Å². The van der Waals surface area contributed by atoms with Crippen LogP contribution in [0.1, 0.15) is 61.5 Å². The predicted octanol–water partition coefficient (Wildman–Crippen LogP) is 2.80. The molecule has 0 aliphatic heterocycles. The summed E-state index contributed by atoms with van der Waals surface area (Å²) in [5.74, 6) is 1.34. The molecule has 4 nitrogen and oxygen atoms in total. The Morgan fingerprint density at radius 2 is 2.28 bits per heavy atom. The third-order valence-electron chi connectivity index (χ3n) is 3.51. The van der Waals surface area contributed by atoms with Gasteiger partial charge >= 0.3 is 0 Å². The fraction of sp³-hybridized carbons (Fsp3) is 0.714. The second-order valence-electron chi connectivity index (χ2n) is 5.73. The number of nitrogens with one attached hydrogen (secondary N) is 1. The molecule has 1 heterocycles. The van der Waals surface area contributed by atoms with Crippen molar-refractivity contribution >= 4 is 5.91 Å². The minimum absolute atomic E-state index is 0.106. The van der Waals surface area contributed by atoms with Crippen LogP contribution < -0.4 is 0 Å². The smallest absolute Gasteiger partial charge is 0.257 e. The minimum Gasteiger partial charge on any atom is -0.342 e. The van der Waals surface area contributed by atoms with Crippen molar-refractivity contribution in [2.24, 2.45) is 5.92 Å².